The van der Waals surface area contributed by atoms with Crippen molar-refractivity contribution in [3.05, 3.63) is 0 Å². The Bertz CT molecular complexity index is 994. The van der Waals surface area contributed by atoms with Crippen LogP contribution in [0.4, 0.5) is 0 Å². The molecule has 0 aromatic carbocycles. The maximum absolute atomic E-state index is 13.2. The number of esters is 4. The number of carbonyl (C=O) groups excluding carboxylic acids is 6. The summed E-state index contributed by atoms with van der Waals surface area (Å²) < 4.78 is 35.9. The molecule has 0 radical (unpaired) electrons. The Kier molecular flexibility index (Phi) is 30.8. The first-order valence-electron chi connectivity index (χ1n) is 19.3. The van der Waals surface area contributed by atoms with Crippen molar-refractivity contribution in [3.8, 4) is 0 Å². The van der Waals surface area contributed by atoms with Crippen molar-refractivity contribution in [2.24, 2.45) is 0 Å². The molecule has 51 heavy (non-hydrogen) atoms. The number of rotatable bonds is 31. The van der Waals surface area contributed by atoms with Gasteiger partial charge in [-0.25, -0.2) is 0 Å². The van der Waals surface area contributed by atoms with Crippen LogP contribution < -0.4 is 0 Å². The van der Waals surface area contributed by atoms with Crippen molar-refractivity contribution in [1.29, 1.82) is 0 Å². The van der Waals surface area contributed by atoms with Crippen LogP contribution in [-0.4, -0.2) is 113 Å². The van der Waals surface area contributed by atoms with E-state index in [2.05, 4.69) is 0 Å². The Morgan fingerprint density at radius 2 is 0.824 bits per heavy atom. The minimum absolute atomic E-state index is 0.131. The molecule has 13 nitrogen and oxygen atoms in total. The fourth-order valence-corrected chi connectivity index (χ4v) is 20.4. The van der Waals surface area contributed by atoms with E-state index in [0.717, 1.165) is 82.0 Å². The summed E-state index contributed by atoms with van der Waals surface area (Å²) in [5.74, 6) is -5.73. The Morgan fingerprint density at radius 1 is 0.471 bits per heavy atom. The molecule has 0 aromatic rings. The molecule has 296 valence electrons. The molecule has 0 aromatic heterocycles. The second-order valence-corrected chi connectivity index (χ2v) is 27.9. The van der Waals surface area contributed by atoms with Gasteiger partial charge in [-0.3, -0.25) is 0 Å². The number of aliphatic hydroxyl groups excluding tert-OH is 1. The van der Waals surface area contributed by atoms with E-state index in [1.165, 1.54) is 0 Å². The number of unbranched alkanes of at least 4 members (excludes halogenated alkanes) is 6. The summed E-state index contributed by atoms with van der Waals surface area (Å²) in [4.78, 5) is 77.4. The van der Waals surface area contributed by atoms with Crippen LogP contribution in [0.15, 0.2) is 0 Å². The van der Waals surface area contributed by atoms with Crippen molar-refractivity contribution in [1.82, 2.24) is 0 Å². The number of carbonyl (C=O) groups is 6. The monoisotopic (exact) mass is 946 g/mol. The van der Waals surface area contributed by atoms with Crippen LogP contribution in [0.1, 0.15) is 138 Å². The molecule has 3 atom stereocenters. The van der Waals surface area contributed by atoms with E-state index in [0.29, 0.717) is 12.8 Å². The zero-order valence-electron chi connectivity index (χ0n) is 32.1. The van der Waals surface area contributed by atoms with E-state index in [1.54, 1.807) is 0 Å². The van der Waals surface area contributed by atoms with E-state index >= 15 is 0 Å². The maximum atomic E-state index is 13.2. The van der Waals surface area contributed by atoms with Crippen molar-refractivity contribution >= 4 is 76.2 Å². The van der Waals surface area contributed by atoms with Crippen LogP contribution in [-0.2, 0) is 53.9 Å². The van der Waals surface area contributed by atoms with Crippen molar-refractivity contribution in [3.63, 3.8) is 0 Å². The van der Waals surface area contributed by atoms with Gasteiger partial charge in [0.15, 0.2) is 0 Å². The van der Waals surface area contributed by atoms with Gasteiger partial charge in [0.1, 0.15) is 0 Å². The molecule has 0 spiro atoms. The standard InChI is InChI=1S/C20H30O13.4C4H9.2Sn.2H/c1-3-5-7-30-15(22)10-13(18(25)26)32-17(24)9-12(21)20(29)33-14(19(27)28)11-16(23)31-8-6-4-2;4*1-3-4-2;;;;/h12-14,21H,3-11H2,1-2H3,(H,25,26)(H,27,28);4*1,3-4H2,2H3;;;;/q;;;;;2*+1;;/p-2. The summed E-state index contributed by atoms with van der Waals surface area (Å²) in [6.07, 6.45) is 2.62. The van der Waals surface area contributed by atoms with Crippen LogP contribution >= 0.6 is 0 Å². The fraction of sp³-hybridized carbons (Fsp3) is 0.833. The van der Waals surface area contributed by atoms with Crippen LogP contribution in [0, 0.1) is 0 Å². The predicted molar refractivity (Wildman–Crippen MR) is 197 cm³/mol. The quantitative estimate of drug-likeness (QED) is 0.0385. The van der Waals surface area contributed by atoms with Gasteiger partial charge in [-0.2, -0.15) is 0 Å². The molecule has 0 saturated carbocycles. The first kappa shape index (κ1) is 49.4. The predicted octanol–water partition coefficient (Wildman–Crippen LogP) is 5.76. The Morgan fingerprint density at radius 3 is 1.18 bits per heavy atom. The summed E-state index contributed by atoms with van der Waals surface area (Å²) >= 11 is -5.66. The third-order valence-corrected chi connectivity index (χ3v) is 23.2. The molecule has 3 unspecified atom stereocenters. The van der Waals surface area contributed by atoms with E-state index < -0.39 is 114 Å². The molecule has 0 heterocycles. The Hall–Kier alpha value is -1.62. The minimum atomic E-state index is -2.84. The van der Waals surface area contributed by atoms with E-state index in [1.807, 2.05) is 41.5 Å². The summed E-state index contributed by atoms with van der Waals surface area (Å²) in [5.41, 5.74) is 0. The van der Waals surface area contributed by atoms with Gasteiger partial charge in [0, 0.05) is 0 Å². The fourth-order valence-electron chi connectivity index (χ4n) is 4.83. The van der Waals surface area contributed by atoms with Crippen molar-refractivity contribution in [2.45, 2.75) is 174 Å². The molecule has 0 aliphatic carbocycles. The average molecular weight is 944 g/mol. The van der Waals surface area contributed by atoms with Crippen molar-refractivity contribution in [2.75, 3.05) is 13.2 Å². The van der Waals surface area contributed by atoms with Gasteiger partial charge < -0.3 is 0 Å². The normalized spacial score (nSPS) is 12.9. The second-order valence-electron chi connectivity index (χ2n) is 12.9. The first-order chi connectivity index (χ1) is 24.4. The Balaban J connectivity index is 5.80. The third kappa shape index (κ3) is 25.1. The molecule has 0 rings (SSSR count). The van der Waals surface area contributed by atoms with E-state index in [9.17, 15) is 33.9 Å². The SMILES string of the molecule is CCCCOC(=O)CC(OC(=O)CC(O)C(=O)OC(CC(=O)OCCCC)C(=O)[O][SnH]([CH2]CCC)[CH2]CCC)C(=O)[O][SnH]([CH2]CCC)[CH2]CCC. The molecule has 0 amide bonds. The van der Waals surface area contributed by atoms with E-state index in [-0.39, 0.29) is 13.2 Å². The van der Waals surface area contributed by atoms with Crippen LogP contribution in [0.25, 0.3) is 0 Å². The zero-order valence-corrected chi connectivity index (χ0v) is 38.7. The molecule has 0 aliphatic heterocycles. The van der Waals surface area contributed by atoms with Gasteiger partial charge in [0.2, 0.25) is 0 Å². The molecular weight excluding hydrogens is 878 g/mol. The molecule has 0 bridgehead atoms. The molecule has 1 N–H and O–H groups in total. The number of hydrogen-bond acceptors (Lipinski definition) is 13. The number of ether oxygens (including phenoxy) is 4. The summed E-state index contributed by atoms with van der Waals surface area (Å²) in [5, 5.41) is 10.6. The molecule has 15 heteroatoms. The van der Waals surface area contributed by atoms with Gasteiger partial charge in [0.25, 0.3) is 0 Å². The first-order valence-corrected chi connectivity index (χ1v) is 31.3. The van der Waals surface area contributed by atoms with Crippen LogP contribution in [0.5, 0.6) is 0 Å². The van der Waals surface area contributed by atoms with Crippen molar-refractivity contribution < 1.29 is 59.0 Å². The zero-order chi connectivity index (χ0) is 38.4. The average Bonchev–Trinajstić information content (AvgIpc) is 3.09. The van der Waals surface area contributed by atoms with Gasteiger partial charge in [-0.05, 0) is 0 Å². The summed E-state index contributed by atoms with van der Waals surface area (Å²) in [7, 11) is 0. The number of hydrogen-bond donors (Lipinski definition) is 1. The summed E-state index contributed by atoms with van der Waals surface area (Å²) in [6, 6.07) is 0. The van der Waals surface area contributed by atoms with Gasteiger partial charge in [-0.15, -0.1) is 0 Å². The van der Waals surface area contributed by atoms with Crippen LogP contribution in [0.3, 0.4) is 0 Å². The topological polar surface area (TPSA) is 178 Å². The number of aliphatic hydroxyl groups is 1. The second kappa shape index (κ2) is 31.9. The third-order valence-electron chi connectivity index (χ3n) is 8.00. The van der Waals surface area contributed by atoms with Gasteiger partial charge in [-0.1, -0.05) is 0 Å². The van der Waals surface area contributed by atoms with E-state index in [4.69, 9.17) is 25.1 Å². The van der Waals surface area contributed by atoms with Crippen LogP contribution in [0.2, 0.25) is 17.7 Å². The molecular formula is C36H66O13Sn2. The molecule has 0 aliphatic rings. The molecule has 0 saturated heterocycles. The molecule has 0 fully saturated rings. The Labute approximate surface area is 320 Å². The van der Waals surface area contributed by atoms with Gasteiger partial charge in [0.05, 0.1) is 0 Å². The summed E-state index contributed by atoms with van der Waals surface area (Å²) in [6.45, 7) is 12.3. The van der Waals surface area contributed by atoms with Gasteiger partial charge >= 0.3 is 322 Å².